The number of hydrogen-bond acceptors (Lipinski definition) is 4. The molecule has 1 aromatic heterocycles. The van der Waals surface area contributed by atoms with Crippen LogP contribution in [0.15, 0.2) is 34.1 Å². The molecule has 1 amide bonds. The number of methoxy groups -OCH3 is 2. The summed E-state index contributed by atoms with van der Waals surface area (Å²) in [5.41, 5.74) is 0.985. The molecule has 0 spiro atoms. The highest BCUT2D eigenvalue weighted by Crippen LogP contribution is 2.28. The molecule has 0 saturated carbocycles. The zero-order valence-electron chi connectivity index (χ0n) is 12.1. The Labute approximate surface area is 136 Å². The average molecular weight is 370 g/mol. The highest BCUT2D eigenvalue weighted by molar-refractivity contribution is 9.11. The third-order valence-corrected chi connectivity index (χ3v) is 4.61. The van der Waals surface area contributed by atoms with Crippen LogP contribution < -0.4 is 9.47 Å². The molecule has 6 heteroatoms. The normalized spacial score (nSPS) is 10.3. The van der Waals surface area contributed by atoms with E-state index in [-0.39, 0.29) is 5.91 Å². The molecule has 0 saturated heterocycles. The SMILES string of the molecule is COc1ccc(CN(C)C(=O)c2ccc(Br)s2)cc1OC. The summed E-state index contributed by atoms with van der Waals surface area (Å²) in [6, 6.07) is 9.35. The molecule has 4 nitrogen and oxygen atoms in total. The number of hydrogen-bond donors (Lipinski definition) is 0. The summed E-state index contributed by atoms with van der Waals surface area (Å²) in [7, 11) is 4.98. The Balaban J connectivity index is 2.12. The molecule has 0 unspecified atom stereocenters. The van der Waals surface area contributed by atoms with E-state index in [1.807, 2.05) is 30.3 Å². The van der Waals surface area contributed by atoms with E-state index in [9.17, 15) is 4.79 Å². The molecule has 0 bridgehead atoms. The predicted octanol–water partition coefficient (Wildman–Crippen LogP) is 3.80. The number of carbonyl (C=O) groups is 1. The Morgan fingerprint density at radius 1 is 1.19 bits per heavy atom. The first-order valence-electron chi connectivity index (χ1n) is 6.27. The molecular formula is C15H16BrNO3S. The summed E-state index contributed by atoms with van der Waals surface area (Å²) in [6.45, 7) is 0.509. The lowest BCUT2D eigenvalue weighted by Crippen LogP contribution is -2.25. The maximum absolute atomic E-state index is 12.3. The zero-order chi connectivity index (χ0) is 15.4. The smallest absolute Gasteiger partial charge is 0.264 e. The minimum atomic E-state index is 0.000449. The van der Waals surface area contributed by atoms with Crippen molar-refractivity contribution in [3.8, 4) is 11.5 Å². The topological polar surface area (TPSA) is 38.8 Å². The second-order valence-corrected chi connectivity index (χ2v) is 6.92. The summed E-state index contributed by atoms with van der Waals surface area (Å²) in [4.78, 5) is 14.7. The number of benzene rings is 1. The van der Waals surface area contributed by atoms with Gasteiger partial charge in [-0.2, -0.15) is 0 Å². The van der Waals surface area contributed by atoms with Crippen LogP contribution >= 0.6 is 27.3 Å². The minimum Gasteiger partial charge on any atom is -0.493 e. The van der Waals surface area contributed by atoms with E-state index in [4.69, 9.17) is 9.47 Å². The van der Waals surface area contributed by atoms with Crippen molar-refractivity contribution < 1.29 is 14.3 Å². The number of nitrogens with zero attached hydrogens (tertiary/aromatic N) is 1. The van der Waals surface area contributed by atoms with Gasteiger partial charge in [0.1, 0.15) is 0 Å². The third kappa shape index (κ3) is 3.77. The largest absolute Gasteiger partial charge is 0.493 e. The van der Waals surface area contributed by atoms with Crippen LogP contribution in [-0.4, -0.2) is 32.1 Å². The van der Waals surface area contributed by atoms with Crippen LogP contribution in [0.4, 0.5) is 0 Å². The van der Waals surface area contributed by atoms with E-state index in [0.717, 1.165) is 9.35 Å². The first kappa shape index (κ1) is 15.9. The summed E-state index contributed by atoms with van der Waals surface area (Å²) in [5.74, 6) is 1.34. The zero-order valence-corrected chi connectivity index (χ0v) is 14.5. The molecule has 0 N–H and O–H groups in total. The van der Waals surface area contributed by atoms with Crippen LogP contribution in [0.2, 0.25) is 0 Å². The Bertz CT molecular complexity index is 642. The summed E-state index contributed by atoms with van der Waals surface area (Å²) in [5, 5.41) is 0. The number of thiophene rings is 1. The van der Waals surface area contributed by atoms with E-state index < -0.39 is 0 Å². The molecule has 0 aliphatic carbocycles. The van der Waals surface area contributed by atoms with Gasteiger partial charge in [-0.25, -0.2) is 0 Å². The molecule has 0 radical (unpaired) electrons. The first-order chi connectivity index (χ1) is 10.0. The Morgan fingerprint density at radius 3 is 2.48 bits per heavy atom. The monoisotopic (exact) mass is 369 g/mol. The van der Waals surface area contributed by atoms with Crippen LogP contribution in [-0.2, 0) is 6.54 Å². The van der Waals surface area contributed by atoms with Crippen LogP contribution in [0.25, 0.3) is 0 Å². The maximum atomic E-state index is 12.3. The lowest BCUT2D eigenvalue weighted by Gasteiger charge is -2.17. The number of amides is 1. The second-order valence-electron chi connectivity index (χ2n) is 4.45. The predicted molar refractivity (Wildman–Crippen MR) is 87.4 cm³/mol. The van der Waals surface area contributed by atoms with Crippen molar-refractivity contribution >= 4 is 33.2 Å². The van der Waals surface area contributed by atoms with Crippen LogP contribution in [0.1, 0.15) is 15.2 Å². The molecule has 0 aliphatic rings. The molecule has 0 aliphatic heterocycles. The lowest BCUT2D eigenvalue weighted by molar-refractivity contribution is 0.0790. The summed E-state index contributed by atoms with van der Waals surface area (Å²) in [6.07, 6.45) is 0. The van der Waals surface area contributed by atoms with Crippen molar-refractivity contribution in [2.24, 2.45) is 0 Å². The summed E-state index contributed by atoms with van der Waals surface area (Å²) >= 11 is 4.80. The Hall–Kier alpha value is -1.53. The highest BCUT2D eigenvalue weighted by Gasteiger charge is 2.15. The van der Waals surface area contributed by atoms with E-state index in [1.165, 1.54) is 11.3 Å². The van der Waals surface area contributed by atoms with Crippen molar-refractivity contribution in [1.82, 2.24) is 4.90 Å². The van der Waals surface area contributed by atoms with Gasteiger partial charge in [0.25, 0.3) is 5.91 Å². The summed E-state index contributed by atoms with van der Waals surface area (Å²) < 4.78 is 11.4. The van der Waals surface area contributed by atoms with Gasteiger partial charge >= 0.3 is 0 Å². The van der Waals surface area contributed by atoms with Crippen molar-refractivity contribution in [1.29, 1.82) is 0 Å². The minimum absolute atomic E-state index is 0.000449. The number of carbonyl (C=O) groups excluding carboxylic acids is 1. The van der Waals surface area contributed by atoms with Gasteiger partial charge in [0.2, 0.25) is 0 Å². The second kappa shape index (κ2) is 6.95. The van der Waals surface area contributed by atoms with Crippen LogP contribution in [0.3, 0.4) is 0 Å². The van der Waals surface area contributed by atoms with Gasteiger partial charge < -0.3 is 14.4 Å². The van der Waals surface area contributed by atoms with Crippen molar-refractivity contribution in [2.45, 2.75) is 6.54 Å². The van der Waals surface area contributed by atoms with E-state index in [1.54, 1.807) is 26.2 Å². The first-order valence-corrected chi connectivity index (χ1v) is 7.87. The molecule has 1 heterocycles. The van der Waals surface area contributed by atoms with Gasteiger partial charge in [-0.1, -0.05) is 6.07 Å². The standard InChI is InChI=1S/C15H16BrNO3S/c1-17(15(18)13-6-7-14(16)21-13)9-10-4-5-11(19-2)12(8-10)20-3/h4-8H,9H2,1-3H3. The molecular weight excluding hydrogens is 354 g/mol. The number of rotatable bonds is 5. The quantitative estimate of drug-likeness (QED) is 0.804. The Morgan fingerprint density at radius 2 is 1.90 bits per heavy atom. The molecule has 0 atom stereocenters. The fourth-order valence-electron chi connectivity index (χ4n) is 1.94. The average Bonchev–Trinajstić information content (AvgIpc) is 2.92. The number of ether oxygens (including phenoxy) is 2. The van der Waals surface area contributed by atoms with Gasteiger partial charge in [-0.3, -0.25) is 4.79 Å². The van der Waals surface area contributed by atoms with Crippen molar-refractivity contribution in [3.05, 3.63) is 44.6 Å². The van der Waals surface area contributed by atoms with Gasteiger partial charge in [-0.05, 0) is 45.8 Å². The lowest BCUT2D eigenvalue weighted by atomic mass is 10.2. The van der Waals surface area contributed by atoms with E-state index in [2.05, 4.69) is 15.9 Å². The van der Waals surface area contributed by atoms with Gasteiger partial charge in [0.05, 0.1) is 22.9 Å². The fraction of sp³-hybridized carbons (Fsp3) is 0.267. The molecule has 1 aromatic carbocycles. The molecule has 2 rings (SSSR count). The highest BCUT2D eigenvalue weighted by atomic mass is 79.9. The third-order valence-electron chi connectivity index (χ3n) is 3.00. The molecule has 2 aromatic rings. The molecule has 21 heavy (non-hydrogen) atoms. The van der Waals surface area contributed by atoms with Gasteiger partial charge in [-0.15, -0.1) is 11.3 Å². The fourth-order valence-corrected chi connectivity index (χ4v) is 3.32. The van der Waals surface area contributed by atoms with Crippen LogP contribution in [0, 0.1) is 0 Å². The van der Waals surface area contributed by atoms with Crippen molar-refractivity contribution in [3.63, 3.8) is 0 Å². The van der Waals surface area contributed by atoms with Crippen molar-refractivity contribution in [2.75, 3.05) is 21.3 Å². The molecule has 112 valence electrons. The maximum Gasteiger partial charge on any atom is 0.264 e. The molecule has 0 fully saturated rings. The van der Waals surface area contributed by atoms with E-state index in [0.29, 0.717) is 22.9 Å². The van der Waals surface area contributed by atoms with E-state index >= 15 is 0 Å². The Kier molecular flexibility index (Phi) is 5.25. The van der Waals surface area contributed by atoms with Gasteiger partial charge in [0.15, 0.2) is 11.5 Å². The number of halogens is 1. The van der Waals surface area contributed by atoms with Crippen LogP contribution in [0.5, 0.6) is 11.5 Å². The van der Waals surface area contributed by atoms with Gasteiger partial charge in [0, 0.05) is 13.6 Å².